The van der Waals surface area contributed by atoms with Crippen LogP contribution < -0.4 is 4.74 Å². The van der Waals surface area contributed by atoms with Gasteiger partial charge >= 0.3 is 0 Å². The lowest BCUT2D eigenvalue weighted by molar-refractivity contribution is 0.186. The third-order valence-electron chi connectivity index (χ3n) is 1.82. The van der Waals surface area contributed by atoms with Crippen molar-refractivity contribution in [1.82, 2.24) is 0 Å². The highest BCUT2D eigenvalue weighted by molar-refractivity contribution is 5.30. The van der Waals surface area contributed by atoms with Crippen molar-refractivity contribution in [2.45, 2.75) is 27.7 Å². The topological polar surface area (TPSA) is 49.7 Å². The van der Waals surface area contributed by atoms with E-state index < -0.39 is 0 Å². The molecule has 3 nitrogen and oxygen atoms in total. The Kier molecular flexibility index (Phi) is 41.9. The van der Waals surface area contributed by atoms with Crippen molar-refractivity contribution in [3.63, 3.8) is 0 Å². The minimum atomic E-state index is -0.125. The van der Waals surface area contributed by atoms with Crippen LogP contribution in [0.25, 0.3) is 0 Å². The van der Waals surface area contributed by atoms with E-state index in [4.69, 9.17) is 14.9 Å². The van der Waals surface area contributed by atoms with E-state index in [1.165, 1.54) is 0 Å². The van der Waals surface area contributed by atoms with Crippen LogP contribution in [0.4, 0.5) is 0 Å². The van der Waals surface area contributed by atoms with Gasteiger partial charge in [0, 0.05) is 0 Å². The van der Waals surface area contributed by atoms with Crippen LogP contribution in [-0.2, 0) is 0 Å². The molecule has 0 aliphatic rings. The number of aliphatic hydroxyl groups is 2. The van der Waals surface area contributed by atoms with E-state index in [1.807, 2.05) is 88.4 Å². The fraction of sp³-hybridized carbons (Fsp3) is 0.231. The molecule has 0 atom stereocenters. The number of allylic oxidation sites excluding steroid dienone is 4. The molecule has 3 heteroatoms. The van der Waals surface area contributed by atoms with Gasteiger partial charge in [-0.15, -0.1) is 26.3 Å². The first kappa shape index (κ1) is 33.7. The highest BCUT2D eigenvalue weighted by Crippen LogP contribution is 2.19. The zero-order chi connectivity index (χ0) is 23.2. The van der Waals surface area contributed by atoms with E-state index in [9.17, 15) is 0 Å². The summed E-state index contributed by atoms with van der Waals surface area (Å²) in [5.74, 6) is 1.74. The van der Waals surface area contributed by atoms with E-state index in [0.717, 1.165) is 11.5 Å². The number of hydrogen-bond acceptors (Lipinski definition) is 3. The predicted molar refractivity (Wildman–Crippen MR) is 131 cm³/mol. The van der Waals surface area contributed by atoms with Gasteiger partial charge in [-0.1, -0.05) is 60.7 Å². The minimum absolute atomic E-state index is 0.125. The van der Waals surface area contributed by atoms with Gasteiger partial charge in [0.05, 0.1) is 13.2 Å². The zero-order valence-electron chi connectivity index (χ0n) is 18.6. The Labute approximate surface area is 179 Å². The third kappa shape index (κ3) is 40.9. The summed E-state index contributed by atoms with van der Waals surface area (Å²) in [7, 11) is 0. The molecule has 0 unspecified atom stereocenters. The molecule has 0 amide bonds. The molecule has 2 N–H and O–H groups in total. The highest BCUT2D eigenvalue weighted by Gasteiger charge is 1.92. The van der Waals surface area contributed by atoms with Crippen LogP contribution in [0.5, 0.6) is 11.5 Å². The Balaban J connectivity index is -0.000000163. The van der Waals surface area contributed by atoms with Crippen molar-refractivity contribution in [3.8, 4) is 11.5 Å². The molecule has 0 heterocycles. The second kappa shape index (κ2) is 36.1. The lowest BCUT2D eigenvalue weighted by atomic mass is 10.3. The van der Waals surface area contributed by atoms with Crippen molar-refractivity contribution in [1.29, 1.82) is 0 Å². The standard InChI is InChI=1S/C12H10O.4C3H6.C2H6O2/c1-3-7-11(8-4-1)13-12-9-5-2-6-10-12;4*1-3-2;3-1-2-4/h1-10H;4*3H,1H2,2H3;3-4H,1-2H2. The fourth-order valence-corrected chi connectivity index (χ4v) is 1.11. The molecule has 2 aromatic carbocycles. The van der Waals surface area contributed by atoms with Crippen molar-refractivity contribution in [2.24, 2.45) is 0 Å². The lowest BCUT2D eigenvalue weighted by Crippen LogP contribution is -1.85. The van der Waals surface area contributed by atoms with Crippen LogP contribution in [0.2, 0.25) is 0 Å². The minimum Gasteiger partial charge on any atom is -0.457 e. The second-order valence-corrected chi connectivity index (χ2v) is 4.81. The quantitative estimate of drug-likeness (QED) is 0.535. The van der Waals surface area contributed by atoms with Crippen LogP contribution in [0, 0.1) is 0 Å². The fourth-order valence-electron chi connectivity index (χ4n) is 1.11. The molecular weight excluding hydrogens is 360 g/mol. The number of para-hydroxylation sites is 2. The van der Waals surface area contributed by atoms with Gasteiger partial charge in [0.15, 0.2) is 0 Å². The Morgan fingerprint density at radius 1 is 0.586 bits per heavy atom. The Morgan fingerprint density at radius 3 is 0.966 bits per heavy atom. The molecule has 0 aliphatic carbocycles. The number of benzene rings is 2. The Morgan fingerprint density at radius 2 is 0.793 bits per heavy atom. The third-order valence-corrected chi connectivity index (χ3v) is 1.82. The van der Waals surface area contributed by atoms with Gasteiger partial charge in [-0.2, -0.15) is 0 Å². The molecule has 0 aliphatic heterocycles. The summed E-state index contributed by atoms with van der Waals surface area (Å²) in [6.45, 7) is 20.8. The molecule has 0 saturated heterocycles. The molecule has 0 saturated carbocycles. The van der Waals surface area contributed by atoms with Gasteiger partial charge < -0.3 is 14.9 Å². The maximum Gasteiger partial charge on any atom is 0.127 e. The number of rotatable bonds is 3. The summed E-state index contributed by atoms with van der Waals surface area (Å²) >= 11 is 0. The summed E-state index contributed by atoms with van der Waals surface area (Å²) in [6.07, 6.45) is 7.00. The summed E-state index contributed by atoms with van der Waals surface area (Å²) < 4.78 is 5.58. The molecule has 0 aromatic heterocycles. The van der Waals surface area contributed by atoms with E-state index in [1.54, 1.807) is 24.3 Å². The summed E-state index contributed by atoms with van der Waals surface area (Å²) in [6, 6.07) is 19.5. The summed E-state index contributed by atoms with van der Waals surface area (Å²) in [5, 5.41) is 15.2. The van der Waals surface area contributed by atoms with Crippen molar-refractivity contribution in [2.75, 3.05) is 13.2 Å². The maximum absolute atomic E-state index is 7.62. The molecular formula is C26H40O3. The van der Waals surface area contributed by atoms with E-state index >= 15 is 0 Å². The lowest BCUT2D eigenvalue weighted by Gasteiger charge is -2.03. The van der Waals surface area contributed by atoms with Crippen LogP contribution in [0.15, 0.2) is 111 Å². The predicted octanol–water partition coefficient (Wildman–Crippen LogP) is 7.22. The molecule has 29 heavy (non-hydrogen) atoms. The van der Waals surface area contributed by atoms with E-state index in [2.05, 4.69) is 26.3 Å². The normalized spacial score (nSPS) is 7.10. The molecule has 2 rings (SSSR count). The van der Waals surface area contributed by atoms with Crippen LogP contribution in [0.1, 0.15) is 27.7 Å². The van der Waals surface area contributed by atoms with Crippen LogP contribution >= 0.6 is 0 Å². The average molecular weight is 401 g/mol. The molecule has 162 valence electrons. The SMILES string of the molecule is C=CC.C=CC.C=CC.C=CC.OCCO.c1ccc(Oc2ccccc2)cc1. The van der Waals surface area contributed by atoms with Gasteiger partial charge in [0.1, 0.15) is 11.5 Å². The van der Waals surface area contributed by atoms with E-state index in [0.29, 0.717) is 0 Å². The van der Waals surface area contributed by atoms with Gasteiger partial charge in [0.2, 0.25) is 0 Å². The number of aliphatic hydroxyl groups excluding tert-OH is 2. The highest BCUT2D eigenvalue weighted by atomic mass is 16.5. The van der Waals surface area contributed by atoms with E-state index in [-0.39, 0.29) is 13.2 Å². The molecule has 0 bridgehead atoms. The average Bonchev–Trinajstić information content (AvgIpc) is 2.72. The molecule has 0 spiro atoms. The first-order valence-corrected chi connectivity index (χ1v) is 9.30. The van der Waals surface area contributed by atoms with Crippen LogP contribution in [0.3, 0.4) is 0 Å². The smallest absolute Gasteiger partial charge is 0.127 e. The molecule has 2 aromatic rings. The van der Waals surface area contributed by atoms with Gasteiger partial charge in [-0.25, -0.2) is 0 Å². The largest absolute Gasteiger partial charge is 0.457 e. The zero-order valence-corrected chi connectivity index (χ0v) is 18.6. The van der Waals surface area contributed by atoms with Crippen molar-refractivity contribution in [3.05, 3.63) is 111 Å². The summed E-state index contributed by atoms with van der Waals surface area (Å²) in [4.78, 5) is 0. The number of ether oxygens (including phenoxy) is 1. The van der Waals surface area contributed by atoms with Crippen molar-refractivity contribution < 1.29 is 14.9 Å². The monoisotopic (exact) mass is 400 g/mol. The van der Waals surface area contributed by atoms with Crippen molar-refractivity contribution >= 4 is 0 Å². The summed E-state index contributed by atoms with van der Waals surface area (Å²) in [5.41, 5.74) is 0. The molecule has 0 radical (unpaired) electrons. The van der Waals surface area contributed by atoms with Gasteiger partial charge in [-0.05, 0) is 52.0 Å². The van der Waals surface area contributed by atoms with Crippen LogP contribution in [-0.4, -0.2) is 23.4 Å². The Bertz CT molecular complexity index is 485. The maximum atomic E-state index is 7.62. The first-order valence-electron chi connectivity index (χ1n) is 9.30. The first-order chi connectivity index (χ1) is 14.0. The van der Waals surface area contributed by atoms with Gasteiger partial charge in [0.25, 0.3) is 0 Å². The Hall–Kier alpha value is -2.88. The second-order valence-electron chi connectivity index (χ2n) is 4.81. The van der Waals surface area contributed by atoms with Gasteiger partial charge in [-0.3, -0.25) is 0 Å². The molecule has 0 fully saturated rings. The number of hydrogen-bond donors (Lipinski definition) is 2.